The number of rotatable bonds is 2. The van der Waals surface area contributed by atoms with E-state index in [1.54, 1.807) is 12.4 Å². The molecule has 0 bridgehead atoms. The average Bonchev–Trinajstić information content (AvgIpc) is 2.30. The second-order valence-corrected chi connectivity index (χ2v) is 3.60. The first-order valence-electron chi connectivity index (χ1n) is 4.98. The molecule has 2 aromatic rings. The summed E-state index contributed by atoms with van der Waals surface area (Å²) in [4.78, 5) is 6.15. The summed E-state index contributed by atoms with van der Waals surface area (Å²) < 4.78 is 0. The van der Waals surface area contributed by atoms with Crippen molar-refractivity contribution >= 4 is 11.4 Å². The fraction of sp³-hybridized carbons (Fsp3) is 0.154. The molecule has 0 aliphatic heterocycles. The number of hydrogen-bond acceptors (Lipinski definition) is 2. The number of benzene rings is 1. The van der Waals surface area contributed by atoms with Gasteiger partial charge in [0.15, 0.2) is 0 Å². The highest BCUT2D eigenvalue weighted by atomic mass is 15.1. The highest BCUT2D eigenvalue weighted by Gasteiger charge is 2.01. The zero-order chi connectivity index (χ0) is 10.7. The summed E-state index contributed by atoms with van der Waals surface area (Å²) in [6, 6.07) is 12.5. The lowest BCUT2D eigenvalue weighted by Crippen LogP contribution is -2.08. The number of anilines is 2. The minimum absolute atomic E-state index is 1.15. The molecule has 0 spiro atoms. The van der Waals surface area contributed by atoms with E-state index in [1.165, 1.54) is 11.3 Å². The van der Waals surface area contributed by atoms with Crippen molar-refractivity contribution in [3.8, 4) is 0 Å². The molecule has 0 unspecified atom stereocenters. The number of aryl methyl sites for hydroxylation is 1. The van der Waals surface area contributed by atoms with Gasteiger partial charge in [-0.15, -0.1) is 0 Å². The predicted molar refractivity (Wildman–Crippen MR) is 63.5 cm³/mol. The van der Waals surface area contributed by atoms with Gasteiger partial charge in [0.05, 0.1) is 0 Å². The maximum Gasteiger partial charge on any atom is 0.0438 e. The van der Waals surface area contributed by atoms with Crippen LogP contribution in [0.25, 0.3) is 0 Å². The number of hydrogen-bond donors (Lipinski definition) is 0. The molecule has 0 aliphatic carbocycles. The minimum atomic E-state index is 1.15. The summed E-state index contributed by atoms with van der Waals surface area (Å²) in [5.74, 6) is 0. The largest absolute Gasteiger partial charge is 0.345 e. The Morgan fingerprint density at radius 3 is 2.00 bits per heavy atom. The second-order valence-electron chi connectivity index (χ2n) is 3.60. The smallest absolute Gasteiger partial charge is 0.0438 e. The Kier molecular flexibility index (Phi) is 2.68. The standard InChI is InChI=1S/C13H14N2/c1-11-3-5-12(6-4-11)15(2)13-7-9-14-10-8-13/h3-10H,1-2H3. The Labute approximate surface area is 90.2 Å². The van der Waals surface area contributed by atoms with Crippen LogP contribution in [0.5, 0.6) is 0 Å². The van der Waals surface area contributed by atoms with Gasteiger partial charge in [0.2, 0.25) is 0 Å². The molecule has 0 saturated carbocycles. The lowest BCUT2D eigenvalue weighted by atomic mass is 10.2. The van der Waals surface area contributed by atoms with Crippen LogP contribution >= 0.6 is 0 Å². The van der Waals surface area contributed by atoms with Crippen LogP contribution in [0.15, 0.2) is 48.8 Å². The van der Waals surface area contributed by atoms with E-state index in [9.17, 15) is 0 Å². The zero-order valence-electron chi connectivity index (χ0n) is 9.01. The van der Waals surface area contributed by atoms with E-state index in [0.717, 1.165) is 5.69 Å². The van der Waals surface area contributed by atoms with E-state index in [0.29, 0.717) is 0 Å². The maximum absolute atomic E-state index is 4.01. The normalized spacial score (nSPS) is 10.0. The van der Waals surface area contributed by atoms with Gasteiger partial charge in [0, 0.05) is 30.8 Å². The highest BCUT2D eigenvalue weighted by Crippen LogP contribution is 2.22. The van der Waals surface area contributed by atoms with E-state index in [1.807, 2.05) is 12.1 Å². The minimum Gasteiger partial charge on any atom is -0.345 e. The topological polar surface area (TPSA) is 16.1 Å². The molecule has 0 fully saturated rings. The fourth-order valence-corrected chi connectivity index (χ4v) is 1.49. The summed E-state index contributed by atoms with van der Waals surface area (Å²) in [5.41, 5.74) is 3.61. The molecular weight excluding hydrogens is 184 g/mol. The molecule has 0 radical (unpaired) electrons. The van der Waals surface area contributed by atoms with Crippen LogP contribution in [0.3, 0.4) is 0 Å². The number of aromatic nitrogens is 1. The molecule has 1 heterocycles. The van der Waals surface area contributed by atoms with Crippen LogP contribution in [0.4, 0.5) is 11.4 Å². The molecular formula is C13H14N2. The lowest BCUT2D eigenvalue weighted by Gasteiger charge is -2.19. The summed E-state index contributed by atoms with van der Waals surface area (Å²) in [7, 11) is 2.06. The molecule has 76 valence electrons. The van der Waals surface area contributed by atoms with Gasteiger partial charge in [-0.3, -0.25) is 4.98 Å². The summed E-state index contributed by atoms with van der Waals surface area (Å²) in [6.45, 7) is 2.09. The summed E-state index contributed by atoms with van der Waals surface area (Å²) in [5, 5.41) is 0. The summed E-state index contributed by atoms with van der Waals surface area (Å²) in [6.07, 6.45) is 3.61. The van der Waals surface area contributed by atoms with Crippen LogP contribution in [-0.4, -0.2) is 12.0 Å². The Balaban J connectivity index is 2.29. The molecule has 1 aromatic heterocycles. The average molecular weight is 198 g/mol. The molecule has 15 heavy (non-hydrogen) atoms. The Morgan fingerprint density at radius 1 is 0.867 bits per heavy atom. The molecule has 0 aliphatic rings. The fourth-order valence-electron chi connectivity index (χ4n) is 1.49. The van der Waals surface area contributed by atoms with Crippen LogP contribution in [0.2, 0.25) is 0 Å². The van der Waals surface area contributed by atoms with Gasteiger partial charge in [-0.1, -0.05) is 17.7 Å². The van der Waals surface area contributed by atoms with Crippen molar-refractivity contribution in [1.29, 1.82) is 0 Å². The van der Waals surface area contributed by atoms with Gasteiger partial charge in [0.1, 0.15) is 0 Å². The molecule has 0 N–H and O–H groups in total. The third-order valence-electron chi connectivity index (χ3n) is 2.47. The van der Waals surface area contributed by atoms with Crippen molar-refractivity contribution in [1.82, 2.24) is 4.98 Å². The molecule has 1 aromatic carbocycles. The van der Waals surface area contributed by atoms with Crippen molar-refractivity contribution in [2.24, 2.45) is 0 Å². The Hall–Kier alpha value is -1.83. The van der Waals surface area contributed by atoms with Gasteiger partial charge in [-0.05, 0) is 31.2 Å². The van der Waals surface area contributed by atoms with Gasteiger partial charge in [0.25, 0.3) is 0 Å². The quantitative estimate of drug-likeness (QED) is 0.736. The predicted octanol–water partition coefficient (Wildman–Crippen LogP) is 3.16. The molecule has 2 rings (SSSR count). The van der Waals surface area contributed by atoms with Crippen molar-refractivity contribution in [2.45, 2.75) is 6.92 Å². The zero-order valence-corrected chi connectivity index (χ0v) is 9.01. The third-order valence-corrected chi connectivity index (χ3v) is 2.47. The molecule has 0 atom stereocenters. The van der Waals surface area contributed by atoms with E-state index in [2.05, 4.69) is 48.1 Å². The van der Waals surface area contributed by atoms with Gasteiger partial charge in [-0.25, -0.2) is 0 Å². The number of nitrogens with zero attached hydrogens (tertiary/aromatic N) is 2. The number of pyridine rings is 1. The van der Waals surface area contributed by atoms with Crippen LogP contribution in [0.1, 0.15) is 5.56 Å². The Morgan fingerprint density at radius 2 is 1.40 bits per heavy atom. The van der Waals surface area contributed by atoms with Crippen LogP contribution in [-0.2, 0) is 0 Å². The van der Waals surface area contributed by atoms with E-state index < -0.39 is 0 Å². The first kappa shape index (κ1) is 9.71. The Bertz CT molecular complexity index is 420. The molecule has 0 amide bonds. The third kappa shape index (κ3) is 2.15. The maximum atomic E-state index is 4.01. The second kappa shape index (κ2) is 4.13. The highest BCUT2D eigenvalue weighted by molar-refractivity contribution is 5.61. The molecule has 2 heteroatoms. The summed E-state index contributed by atoms with van der Waals surface area (Å²) >= 11 is 0. The van der Waals surface area contributed by atoms with Gasteiger partial charge < -0.3 is 4.90 Å². The van der Waals surface area contributed by atoms with E-state index in [4.69, 9.17) is 0 Å². The van der Waals surface area contributed by atoms with Gasteiger partial charge in [-0.2, -0.15) is 0 Å². The van der Waals surface area contributed by atoms with Crippen molar-refractivity contribution in [3.63, 3.8) is 0 Å². The lowest BCUT2D eigenvalue weighted by molar-refractivity contribution is 1.18. The monoisotopic (exact) mass is 198 g/mol. The molecule has 2 nitrogen and oxygen atoms in total. The SMILES string of the molecule is Cc1ccc(N(C)c2ccncc2)cc1. The van der Waals surface area contributed by atoms with E-state index in [-0.39, 0.29) is 0 Å². The van der Waals surface area contributed by atoms with Crippen molar-refractivity contribution < 1.29 is 0 Å². The van der Waals surface area contributed by atoms with Gasteiger partial charge >= 0.3 is 0 Å². The first-order chi connectivity index (χ1) is 7.27. The van der Waals surface area contributed by atoms with E-state index >= 15 is 0 Å². The van der Waals surface area contributed by atoms with Crippen molar-refractivity contribution in [3.05, 3.63) is 54.4 Å². The first-order valence-corrected chi connectivity index (χ1v) is 4.98. The van der Waals surface area contributed by atoms with Crippen molar-refractivity contribution in [2.75, 3.05) is 11.9 Å². The molecule has 0 saturated heterocycles. The van der Waals surface area contributed by atoms with Crippen LogP contribution < -0.4 is 4.90 Å². The van der Waals surface area contributed by atoms with Crippen LogP contribution in [0, 0.1) is 6.92 Å².